The first kappa shape index (κ1) is 13.6. The third kappa shape index (κ3) is 3.21. The second-order valence-electron chi connectivity index (χ2n) is 6.45. The molecule has 1 atom stereocenters. The summed E-state index contributed by atoms with van der Waals surface area (Å²) in [4.78, 5) is 11.9. The van der Waals surface area contributed by atoms with Crippen molar-refractivity contribution in [2.75, 3.05) is 0 Å². The molecule has 1 aromatic rings. The molecular weight excluding hydrogens is 248 g/mol. The fourth-order valence-electron chi connectivity index (χ4n) is 2.93. The topological polar surface area (TPSA) is 41.1 Å². The standard InChI is InChI=1S/C17H24N2O/c1-11-4-3-5-13(8-11)14-9-16(10-14)18-12(2)17(20)19-15-6-7-15/h3-5,8,12,14-16,18H,6-7,9-10H2,1-2H3,(H,19,20). The molecule has 0 radical (unpaired) electrons. The number of amides is 1. The van der Waals surface area contributed by atoms with Crippen LogP contribution in [0.2, 0.25) is 0 Å². The normalized spacial score (nSPS) is 26.7. The van der Waals surface area contributed by atoms with Crippen molar-refractivity contribution in [3.05, 3.63) is 35.4 Å². The lowest BCUT2D eigenvalue weighted by molar-refractivity contribution is -0.123. The van der Waals surface area contributed by atoms with Crippen LogP contribution in [0.1, 0.15) is 49.7 Å². The number of aryl methyl sites for hydroxylation is 1. The molecule has 3 nitrogen and oxygen atoms in total. The summed E-state index contributed by atoms with van der Waals surface area (Å²) in [7, 11) is 0. The summed E-state index contributed by atoms with van der Waals surface area (Å²) in [6, 6.07) is 9.65. The van der Waals surface area contributed by atoms with Gasteiger partial charge in [-0.2, -0.15) is 0 Å². The van der Waals surface area contributed by atoms with Gasteiger partial charge in [-0.05, 0) is 51.0 Å². The van der Waals surface area contributed by atoms with E-state index in [1.165, 1.54) is 11.1 Å². The number of rotatable bonds is 5. The number of benzene rings is 1. The van der Waals surface area contributed by atoms with Gasteiger partial charge in [-0.1, -0.05) is 29.8 Å². The smallest absolute Gasteiger partial charge is 0.237 e. The fourth-order valence-corrected chi connectivity index (χ4v) is 2.93. The Bertz CT molecular complexity index is 490. The first-order chi connectivity index (χ1) is 9.61. The lowest BCUT2D eigenvalue weighted by Crippen LogP contribution is -2.51. The highest BCUT2D eigenvalue weighted by molar-refractivity contribution is 5.81. The molecule has 0 spiro atoms. The van der Waals surface area contributed by atoms with E-state index in [0.717, 1.165) is 25.7 Å². The number of hydrogen-bond donors (Lipinski definition) is 2. The average Bonchev–Trinajstić information content (AvgIpc) is 3.16. The van der Waals surface area contributed by atoms with Crippen molar-refractivity contribution in [2.45, 2.75) is 63.6 Å². The number of carbonyl (C=O) groups excluding carboxylic acids is 1. The number of carbonyl (C=O) groups is 1. The van der Waals surface area contributed by atoms with Crippen LogP contribution in [0.4, 0.5) is 0 Å². The Morgan fingerprint density at radius 2 is 2.00 bits per heavy atom. The third-order valence-corrected chi connectivity index (χ3v) is 4.45. The largest absolute Gasteiger partial charge is 0.352 e. The minimum Gasteiger partial charge on any atom is -0.352 e. The Labute approximate surface area is 121 Å². The first-order valence-corrected chi connectivity index (χ1v) is 7.75. The maximum absolute atomic E-state index is 11.9. The molecule has 0 heterocycles. The van der Waals surface area contributed by atoms with E-state index < -0.39 is 0 Å². The number of hydrogen-bond acceptors (Lipinski definition) is 2. The molecule has 2 saturated carbocycles. The Hall–Kier alpha value is -1.35. The van der Waals surface area contributed by atoms with Gasteiger partial charge in [0.05, 0.1) is 6.04 Å². The molecule has 0 bridgehead atoms. The second-order valence-corrected chi connectivity index (χ2v) is 6.45. The van der Waals surface area contributed by atoms with Crippen molar-refractivity contribution in [1.82, 2.24) is 10.6 Å². The van der Waals surface area contributed by atoms with E-state index in [9.17, 15) is 4.79 Å². The van der Waals surface area contributed by atoms with Crippen molar-refractivity contribution in [3.63, 3.8) is 0 Å². The fraction of sp³-hybridized carbons (Fsp3) is 0.588. The van der Waals surface area contributed by atoms with Crippen LogP contribution in [0.15, 0.2) is 24.3 Å². The highest BCUT2D eigenvalue weighted by atomic mass is 16.2. The second kappa shape index (κ2) is 5.57. The lowest BCUT2D eigenvalue weighted by Gasteiger charge is -2.38. The molecule has 0 saturated heterocycles. The van der Waals surface area contributed by atoms with Crippen LogP contribution in [0.5, 0.6) is 0 Å². The molecule has 2 fully saturated rings. The number of nitrogens with one attached hydrogen (secondary N) is 2. The molecule has 1 unspecified atom stereocenters. The molecule has 20 heavy (non-hydrogen) atoms. The molecule has 2 N–H and O–H groups in total. The molecule has 0 aliphatic heterocycles. The highest BCUT2D eigenvalue weighted by Crippen LogP contribution is 2.37. The van der Waals surface area contributed by atoms with Gasteiger partial charge in [0, 0.05) is 12.1 Å². The average molecular weight is 272 g/mol. The molecular formula is C17H24N2O. The van der Waals surface area contributed by atoms with Crippen LogP contribution in [0.25, 0.3) is 0 Å². The quantitative estimate of drug-likeness (QED) is 0.864. The maximum atomic E-state index is 11.9. The van der Waals surface area contributed by atoms with E-state index in [4.69, 9.17) is 0 Å². The van der Waals surface area contributed by atoms with Gasteiger partial charge >= 0.3 is 0 Å². The van der Waals surface area contributed by atoms with E-state index in [1.54, 1.807) is 0 Å². The molecule has 108 valence electrons. The highest BCUT2D eigenvalue weighted by Gasteiger charge is 2.33. The zero-order valence-corrected chi connectivity index (χ0v) is 12.4. The molecule has 2 aliphatic carbocycles. The van der Waals surface area contributed by atoms with E-state index in [1.807, 2.05) is 6.92 Å². The van der Waals surface area contributed by atoms with Gasteiger partial charge in [-0.3, -0.25) is 4.79 Å². The molecule has 1 aromatic carbocycles. The summed E-state index contributed by atoms with van der Waals surface area (Å²) in [6.45, 7) is 4.11. The van der Waals surface area contributed by atoms with E-state index in [-0.39, 0.29) is 11.9 Å². The predicted molar refractivity (Wildman–Crippen MR) is 80.7 cm³/mol. The van der Waals surface area contributed by atoms with Crippen LogP contribution >= 0.6 is 0 Å². The third-order valence-electron chi connectivity index (χ3n) is 4.45. The van der Waals surface area contributed by atoms with Crippen LogP contribution < -0.4 is 10.6 Å². The molecule has 0 aromatic heterocycles. The molecule has 2 aliphatic rings. The van der Waals surface area contributed by atoms with Crippen molar-refractivity contribution in [1.29, 1.82) is 0 Å². The van der Waals surface area contributed by atoms with Crippen LogP contribution in [0.3, 0.4) is 0 Å². The maximum Gasteiger partial charge on any atom is 0.237 e. The summed E-state index contributed by atoms with van der Waals surface area (Å²) >= 11 is 0. The SMILES string of the molecule is Cc1cccc(C2CC(NC(C)C(=O)NC3CC3)C2)c1. The van der Waals surface area contributed by atoms with Gasteiger partial charge in [0.2, 0.25) is 5.91 Å². The van der Waals surface area contributed by atoms with Crippen molar-refractivity contribution < 1.29 is 4.79 Å². The zero-order chi connectivity index (χ0) is 14.1. The van der Waals surface area contributed by atoms with Gasteiger partial charge in [0.15, 0.2) is 0 Å². The van der Waals surface area contributed by atoms with Crippen molar-refractivity contribution in [2.24, 2.45) is 0 Å². The Morgan fingerprint density at radius 1 is 1.25 bits per heavy atom. The van der Waals surface area contributed by atoms with Crippen LogP contribution in [-0.2, 0) is 4.79 Å². The zero-order valence-electron chi connectivity index (χ0n) is 12.4. The first-order valence-electron chi connectivity index (χ1n) is 7.75. The van der Waals surface area contributed by atoms with Crippen molar-refractivity contribution >= 4 is 5.91 Å². The Kier molecular flexibility index (Phi) is 3.79. The van der Waals surface area contributed by atoms with Gasteiger partial charge in [-0.15, -0.1) is 0 Å². The van der Waals surface area contributed by atoms with E-state index in [2.05, 4.69) is 41.8 Å². The van der Waals surface area contributed by atoms with Gasteiger partial charge in [-0.25, -0.2) is 0 Å². The van der Waals surface area contributed by atoms with E-state index in [0.29, 0.717) is 18.0 Å². The minimum absolute atomic E-state index is 0.0703. The Morgan fingerprint density at radius 3 is 2.65 bits per heavy atom. The molecule has 1 amide bonds. The van der Waals surface area contributed by atoms with Gasteiger partial charge < -0.3 is 10.6 Å². The van der Waals surface area contributed by atoms with Gasteiger partial charge in [0.1, 0.15) is 0 Å². The molecule has 3 rings (SSSR count). The molecule has 3 heteroatoms. The van der Waals surface area contributed by atoms with E-state index >= 15 is 0 Å². The van der Waals surface area contributed by atoms with Crippen LogP contribution in [-0.4, -0.2) is 24.0 Å². The minimum atomic E-state index is -0.0703. The summed E-state index contributed by atoms with van der Waals surface area (Å²) in [5, 5.41) is 6.51. The lowest BCUT2D eigenvalue weighted by atomic mass is 9.75. The van der Waals surface area contributed by atoms with Crippen molar-refractivity contribution in [3.8, 4) is 0 Å². The van der Waals surface area contributed by atoms with Crippen LogP contribution in [0, 0.1) is 6.92 Å². The predicted octanol–water partition coefficient (Wildman–Crippen LogP) is 2.50. The monoisotopic (exact) mass is 272 g/mol. The summed E-state index contributed by atoms with van der Waals surface area (Å²) in [5.74, 6) is 0.817. The Balaban J connectivity index is 1.44. The summed E-state index contributed by atoms with van der Waals surface area (Å²) < 4.78 is 0. The van der Waals surface area contributed by atoms with Gasteiger partial charge in [0.25, 0.3) is 0 Å². The summed E-state index contributed by atoms with van der Waals surface area (Å²) in [6.07, 6.45) is 4.59. The summed E-state index contributed by atoms with van der Waals surface area (Å²) in [5.41, 5.74) is 2.77.